The van der Waals surface area contributed by atoms with E-state index >= 15 is 0 Å². The minimum absolute atomic E-state index is 0.0655. The molecule has 0 spiro atoms. The van der Waals surface area contributed by atoms with Crippen molar-refractivity contribution in [3.8, 4) is 0 Å². The second-order valence-corrected chi connectivity index (χ2v) is 6.88. The molecule has 2 aromatic rings. The van der Waals surface area contributed by atoms with Gasteiger partial charge in [0.1, 0.15) is 11.5 Å². The van der Waals surface area contributed by atoms with E-state index in [1.807, 2.05) is 13.8 Å². The first-order chi connectivity index (χ1) is 13.3. The summed E-state index contributed by atoms with van der Waals surface area (Å²) >= 11 is 6.09. The molecule has 4 N–H and O–H groups in total. The third kappa shape index (κ3) is 4.75. The lowest BCUT2D eigenvalue weighted by atomic mass is 10.2. The Morgan fingerprint density at radius 3 is 2.68 bits per heavy atom. The second-order valence-electron chi connectivity index (χ2n) is 6.47. The van der Waals surface area contributed by atoms with E-state index in [4.69, 9.17) is 17.3 Å². The number of hydrogen-bond acceptors (Lipinski definition) is 5. The summed E-state index contributed by atoms with van der Waals surface area (Å²) in [6.45, 7) is 6.27. The highest BCUT2D eigenvalue weighted by Gasteiger charge is 2.20. The molecule has 1 amide bonds. The lowest BCUT2D eigenvalue weighted by molar-refractivity contribution is -0.115. The van der Waals surface area contributed by atoms with E-state index in [2.05, 4.69) is 10.3 Å². The average molecular weight is 408 g/mol. The normalized spacial score (nSPS) is 10.7. The van der Waals surface area contributed by atoms with E-state index in [1.165, 1.54) is 4.57 Å². The van der Waals surface area contributed by atoms with Gasteiger partial charge < -0.3 is 16.0 Å². The van der Waals surface area contributed by atoms with Gasteiger partial charge >= 0.3 is 5.69 Å². The number of carbonyl (C=O) groups excluding carboxylic acids is 1. The first-order valence-corrected chi connectivity index (χ1v) is 9.60. The third-order valence-electron chi connectivity index (χ3n) is 4.52. The number of unbranched alkanes of at least 4 members (excludes halogenated alkanes) is 1. The molecule has 1 aromatic heterocycles. The van der Waals surface area contributed by atoms with Gasteiger partial charge in [-0.15, -0.1) is 0 Å². The van der Waals surface area contributed by atoms with E-state index in [-0.39, 0.29) is 24.0 Å². The maximum atomic E-state index is 12.5. The predicted molar refractivity (Wildman–Crippen MR) is 113 cm³/mol. The first kappa shape index (κ1) is 21.6. The number of carbonyl (C=O) groups is 1. The number of H-pyrrole nitrogens is 1. The number of anilines is 3. The Morgan fingerprint density at radius 2 is 2.04 bits per heavy atom. The summed E-state index contributed by atoms with van der Waals surface area (Å²) in [5, 5.41) is 3.35. The fraction of sp³-hybridized carbons (Fsp3) is 0.421. The van der Waals surface area contributed by atoms with Crippen molar-refractivity contribution in [2.24, 2.45) is 0 Å². The fourth-order valence-electron chi connectivity index (χ4n) is 2.88. The van der Waals surface area contributed by atoms with Gasteiger partial charge in [-0.1, -0.05) is 31.0 Å². The zero-order valence-electron chi connectivity index (χ0n) is 16.3. The summed E-state index contributed by atoms with van der Waals surface area (Å²) in [7, 11) is 0. The lowest BCUT2D eigenvalue weighted by Crippen LogP contribution is -2.41. The highest BCUT2D eigenvalue weighted by Crippen LogP contribution is 2.23. The molecule has 2 rings (SSSR count). The van der Waals surface area contributed by atoms with Crippen LogP contribution in [-0.4, -0.2) is 28.5 Å². The summed E-state index contributed by atoms with van der Waals surface area (Å²) in [5.74, 6) is -0.256. The van der Waals surface area contributed by atoms with Crippen molar-refractivity contribution in [3.05, 3.63) is 49.6 Å². The quantitative estimate of drug-likeness (QED) is 0.621. The number of amides is 1. The maximum absolute atomic E-state index is 12.5. The van der Waals surface area contributed by atoms with Gasteiger partial charge in [0.25, 0.3) is 5.56 Å². The second kappa shape index (κ2) is 9.45. The number of hydrogen-bond donors (Lipinski definition) is 3. The molecule has 0 aliphatic carbocycles. The SMILES string of the molecule is CCCCn1c(N)c(N(CC)CC(=O)Nc2cccc(Cl)c2C)c(=O)[nH]c1=O. The first-order valence-electron chi connectivity index (χ1n) is 9.22. The Bertz CT molecular complexity index is 967. The molecule has 0 fully saturated rings. The molecular weight excluding hydrogens is 382 g/mol. The van der Waals surface area contributed by atoms with Gasteiger partial charge in [0, 0.05) is 23.8 Å². The van der Waals surface area contributed by atoms with Crippen LogP contribution in [0.25, 0.3) is 0 Å². The van der Waals surface area contributed by atoms with Gasteiger partial charge in [0.2, 0.25) is 5.91 Å². The molecule has 8 nitrogen and oxygen atoms in total. The number of likely N-dealkylation sites (N-methyl/N-ethyl adjacent to an activating group) is 1. The molecule has 0 aliphatic heterocycles. The van der Waals surface area contributed by atoms with Gasteiger partial charge in [-0.25, -0.2) is 4.79 Å². The molecule has 0 saturated heterocycles. The number of benzene rings is 1. The van der Waals surface area contributed by atoms with E-state index in [1.54, 1.807) is 30.0 Å². The van der Waals surface area contributed by atoms with Crippen molar-refractivity contribution in [1.29, 1.82) is 0 Å². The largest absolute Gasteiger partial charge is 0.383 e. The van der Waals surface area contributed by atoms with Crippen LogP contribution < -0.4 is 27.2 Å². The monoisotopic (exact) mass is 407 g/mol. The molecule has 1 heterocycles. The molecule has 0 radical (unpaired) electrons. The zero-order valence-corrected chi connectivity index (χ0v) is 17.1. The molecule has 0 saturated carbocycles. The van der Waals surface area contributed by atoms with Crippen LogP contribution >= 0.6 is 11.6 Å². The standard InChI is InChI=1S/C19H26ClN5O3/c1-4-6-10-25-17(21)16(18(27)23-19(25)28)24(5-2)11-15(26)22-14-9-7-8-13(20)12(14)3/h7-9H,4-6,10-11,21H2,1-3H3,(H,22,26)(H,23,27,28). The number of nitrogens with two attached hydrogens (primary N) is 1. The van der Waals surface area contributed by atoms with Crippen LogP contribution in [0.2, 0.25) is 5.02 Å². The van der Waals surface area contributed by atoms with Crippen LogP contribution in [0, 0.1) is 6.92 Å². The van der Waals surface area contributed by atoms with E-state index in [9.17, 15) is 14.4 Å². The molecular formula is C19H26ClN5O3. The number of nitrogen functional groups attached to an aromatic ring is 1. The summed E-state index contributed by atoms with van der Waals surface area (Å²) in [6.07, 6.45) is 1.62. The minimum atomic E-state index is -0.608. The minimum Gasteiger partial charge on any atom is -0.383 e. The summed E-state index contributed by atoms with van der Waals surface area (Å²) < 4.78 is 1.34. The molecule has 0 aliphatic rings. The zero-order chi connectivity index (χ0) is 20.8. The van der Waals surface area contributed by atoms with Crippen molar-refractivity contribution in [2.45, 2.75) is 40.2 Å². The Morgan fingerprint density at radius 1 is 1.32 bits per heavy atom. The van der Waals surface area contributed by atoms with Crippen molar-refractivity contribution in [2.75, 3.05) is 29.0 Å². The number of rotatable bonds is 8. The number of aromatic amines is 1. The van der Waals surface area contributed by atoms with Crippen LogP contribution in [0.5, 0.6) is 0 Å². The van der Waals surface area contributed by atoms with Crippen LogP contribution in [-0.2, 0) is 11.3 Å². The number of nitrogens with one attached hydrogen (secondary N) is 2. The van der Waals surface area contributed by atoms with Crippen LogP contribution in [0.4, 0.5) is 17.2 Å². The number of aromatic nitrogens is 2. The Hall–Kier alpha value is -2.74. The molecule has 152 valence electrons. The highest BCUT2D eigenvalue weighted by atomic mass is 35.5. The smallest absolute Gasteiger partial charge is 0.330 e. The molecule has 9 heteroatoms. The molecule has 1 aromatic carbocycles. The van der Waals surface area contributed by atoms with Crippen molar-refractivity contribution in [1.82, 2.24) is 9.55 Å². The lowest BCUT2D eigenvalue weighted by Gasteiger charge is -2.24. The number of halogens is 1. The van der Waals surface area contributed by atoms with Crippen LogP contribution in [0.15, 0.2) is 27.8 Å². The fourth-order valence-corrected chi connectivity index (χ4v) is 3.05. The van der Waals surface area contributed by atoms with Gasteiger partial charge in [0.15, 0.2) is 0 Å². The Kier molecular flexibility index (Phi) is 7.28. The van der Waals surface area contributed by atoms with E-state index < -0.39 is 11.2 Å². The van der Waals surface area contributed by atoms with Gasteiger partial charge in [0.05, 0.1) is 6.54 Å². The molecule has 0 bridgehead atoms. The van der Waals surface area contributed by atoms with Crippen LogP contribution in [0.3, 0.4) is 0 Å². The Labute approximate surface area is 168 Å². The number of nitrogens with zero attached hydrogens (tertiary/aromatic N) is 2. The molecule has 0 unspecified atom stereocenters. The Balaban J connectivity index is 2.30. The van der Waals surface area contributed by atoms with Crippen LogP contribution in [0.1, 0.15) is 32.3 Å². The average Bonchev–Trinajstić information content (AvgIpc) is 2.64. The van der Waals surface area contributed by atoms with E-state index in [0.29, 0.717) is 23.8 Å². The van der Waals surface area contributed by atoms with Crippen molar-refractivity contribution >= 4 is 34.7 Å². The molecule has 0 atom stereocenters. The van der Waals surface area contributed by atoms with Gasteiger partial charge in [-0.2, -0.15) is 0 Å². The summed E-state index contributed by atoms with van der Waals surface area (Å²) in [5.41, 5.74) is 6.45. The van der Waals surface area contributed by atoms with Crippen molar-refractivity contribution in [3.63, 3.8) is 0 Å². The van der Waals surface area contributed by atoms with Gasteiger partial charge in [-0.05, 0) is 38.0 Å². The predicted octanol–water partition coefficient (Wildman–Crippen LogP) is 2.35. The summed E-state index contributed by atoms with van der Waals surface area (Å²) in [4.78, 5) is 40.9. The topological polar surface area (TPSA) is 113 Å². The summed E-state index contributed by atoms with van der Waals surface area (Å²) in [6, 6.07) is 5.24. The van der Waals surface area contributed by atoms with Crippen molar-refractivity contribution < 1.29 is 4.79 Å². The van der Waals surface area contributed by atoms with E-state index in [0.717, 1.165) is 18.4 Å². The molecule has 28 heavy (non-hydrogen) atoms. The maximum Gasteiger partial charge on any atom is 0.330 e. The van der Waals surface area contributed by atoms with Gasteiger partial charge in [-0.3, -0.25) is 19.1 Å². The third-order valence-corrected chi connectivity index (χ3v) is 4.93. The highest BCUT2D eigenvalue weighted by molar-refractivity contribution is 6.31.